The van der Waals surface area contributed by atoms with Gasteiger partial charge in [-0.1, -0.05) is 326 Å². The summed E-state index contributed by atoms with van der Waals surface area (Å²) in [6.07, 6.45) is 86.1. The number of aliphatic hydroxyl groups is 2. The number of rotatable bonds is 66. The van der Waals surface area contributed by atoms with Gasteiger partial charge in [0.15, 0.2) is 0 Å². The highest BCUT2D eigenvalue weighted by molar-refractivity contribution is 5.76. The Kier molecular flexibility index (Phi) is 65.9. The second kappa shape index (κ2) is 67.6. The SMILES string of the molecule is CCCCCCC/C=C\CCCCCCCC(=O)OCCCCCCCCCCC/C=C\C/C=C\CCCCCCCCCCCC(=O)NC(CO)C(O)CCCCCCCCCCCCCCCCCCCCCCCC. The first kappa shape index (κ1) is 76.1. The van der Waals surface area contributed by atoms with Crippen LogP contribution in [0.15, 0.2) is 36.5 Å². The molecule has 0 aliphatic rings. The summed E-state index contributed by atoms with van der Waals surface area (Å²) < 4.78 is 5.48. The third-order valence-electron chi connectivity index (χ3n) is 16.4. The standard InChI is InChI=1S/C72H137NO5/c1-3-5-7-9-11-13-15-17-19-20-21-22-28-31-34-37-40-44-48-52-56-60-64-70(75)69(68-74)73-71(76)65-61-57-53-49-45-41-38-35-32-29-26-24-23-25-27-30-33-36-39-43-47-51-55-59-63-67-78-72(77)66-62-58-54-50-46-42-18-16-14-12-10-8-6-4-2/h16,18,24-27,69-70,74-75H,3-15,17,19-23,28-68H2,1-2H3,(H,73,76)/b18-16-,26-24-,27-25-. The molecule has 460 valence electrons. The molecule has 6 heteroatoms. The molecule has 0 aromatic heterocycles. The van der Waals surface area contributed by atoms with Gasteiger partial charge in [-0.15, -0.1) is 0 Å². The van der Waals surface area contributed by atoms with Crippen LogP contribution in [0.3, 0.4) is 0 Å². The maximum atomic E-state index is 12.5. The number of nitrogens with one attached hydrogen (secondary N) is 1. The van der Waals surface area contributed by atoms with Crippen molar-refractivity contribution in [3.63, 3.8) is 0 Å². The van der Waals surface area contributed by atoms with Crippen LogP contribution in [-0.4, -0.2) is 47.4 Å². The maximum absolute atomic E-state index is 12.5. The number of hydrogen-bond acceptors (Lipinski definition) is 5. The minimum Gasteiger partial charge on any atom is -0.466 e. The zero-order valence-electron chi connectivity index (χ0n) is 52.7. The van der Waals surface area contributed by atoms with Gasteiger partial charge in [0.1, 0.15) is 0 Å². The van der Waals surface area contributed by atoms with Gasteiger partial charge in [-0.3, -0.25) is 9.59 Å². The zero-order chi connectivity index (χ0) is 56.4. The van der Waals surface area contributed by atoms with E-state index in [1.165, 1.54) is 302 Å². The molecule has 78 heavy (non-hydrogen) atoms. The first-order chi connectivity index (χ1) is 38.5. The molecule has 2 unspecified atom stereocenters. The first-order valence-corrected chi connectivity index (χ1v) is 35.2. The van der Waals surface area contributed by atoms with Crippen molar-refractivity contribution in [2.24, 2.45) is 0 Å². The van der Waals surface area contributed by atoms with Crippen molar-refractivity contribution in [1.82, 2.24) is 5.32 Å². The van der Waals surface area contributed by atoms with Crippen molar-refractivity contribution in [2.45, 2.75) is 398 Å². The summed E-state index contributed by atoms with van der Waals surface area (Å²) in [5, 5.41) is 23.4. The quantitative estimate of drug-likeness (QED) is 0.0320. The largest absolute Gasteiger partial charge is 0.466 e. The van der Waals surface area contributed by atoms with E-state index in [0.29, 0.717) is 25.9 Å². The van der Waals surface area contributed by atoms with Crippen molar-refractivity contribution in [3.8, 4) is 0 Å². The van der Waals surface area contributed by atoms with Gasteiger partial charge in [-0.2, -0.15) is 0 Å². The Hall–Kier alpha value is -1.92. The number of unbranched alkanes of at least 4 members (excludes halogenated alkanes) is 49. The van der Waals surface area contributed by atoms with Crippen LogP contribution in [0.1, 0.15) is 386 Å². The maximum Gasteiger partial charge on any atom is 0.305 e. The van der Waals surface area contributed by atoms with Crippen molar-refractivity contribution in [3.05, 3.63) is 36.5 Å². The Balaban J connectivity index is 3.43. The van der Waals surface area contributed by atoms with Crippen molar-refractivity contribution in [2.75, 3.05) is 13.2 Å². The highest BCUT2D eigenvalue weighted by Gasteiger charge is 2.20. The smallest absolute Gasteiger partial charge is 0.305 e. The van der Waals surface area contributed by atoms with Gasteiger partial charge in [0.25, 0.3) is 0 Å². The van der Waals surface area contributed by atoms with Crippen LogP contribution < -0.4 is 5.32 Å². The van der Waals surface area contributed by atoms with Crippen LogP contribution in [0.25, 0.3) is 0 Å². The Morgan fingerprint density at radius 1 is 0.359 bits per heavy atom. The number of ether oxygens (including phenoxy) is 1. The second-order valence-electron chi connectivity index (χ2n) is 24.2. The molecule has 0 aromatic carbocycles. The van der Waals surface area contributed by atoms with E-state index < -0.39 is 12.1 Å². The Morgan fingerprint density at radius 2 is 0.641 bits per heavy atom. The number of allylic oxidation sites excluding steroid dienone is 6. The van der Waals surface area contributed by atoms with E-state index in [0.717, 1.165) is 51.4 Å². The third-order valence-corrected chi connectivity index (χ3v) is 16.4. The van der Waals surface area contributed by atoms with Gasteiger partial charge < -0.3 is 20.3 Å². The highest BCUT2D eigenvalue weighted by Crippen LogP contribution is 2.18. The number of carbonyl (C=O) groups is 2. The highest BCUT2D eigenvalue weighted by atomic mass is 16.5. The van der Waals surface area contributed by atoms with Gasteiger partial charge in [-0.05, 0) is 83.5 Å². The lowest BCUT2D eigenvalue weighted by Gasteiger charge is -2.22. The van der Waals surface area contributed by atoms with Crippen molar-refractivity contribution < 1.29 is 24.5 Å². The summed E-state index contributed by atoms with van der Waals surface area (Å²) in [7, 11) is 0. The van der Waals surface area contributed by atoms with E-state index in [2.05, 4.69) is 55.6 Å². The molecule has 0 saturated heterocycles. The molecule has 0 rings (SSSR count). The molecule has 1 amide bonds. The predicted octanol–water partition coefficient (Wildman–Crippen LogP) is 22.7. The minimum atomic E-state index is -0.670. The van der Waals surface area contributed by atoms with Gasteiger partial charge in [0.05, 0.1) is 25.4 Å². The Labute approximate surface area is 487 Å². The van der Waals surface area contributed by atoms with Gasteiger partial charge in [0.2, 0.25) is 5.91 Å². The number of amides is 1. The molecule has 0 heterocycles. The van der Waals surface area contributed by atoms with Crippen LogP contribution in [0.5, 0.6) is 0 Å². The molecule has 0 bridgehead atoms. The van der Waals surface area contributed by atoms with Crippen LogP contribution in [0, 0.1) is 0 Å². The topological polar surface area (TPSA) is 95.9 Å². The van der Waals surface area contributed by atoms with E-state index >= 15 is 0 Å². The predicted molar refractivity (Wildman–Crippen MR) is 343 cm³/mol. The fraction of sp³-hybridized carbons (Fsp3) is 0.889. The van der Waals surface area contributed by atoms with Gasteiger partial charge in [0, 0.05) is 12.8 Å². The number of esters is 1. The summed E-state index contributed by atoms with van der Waals surface area (Å²) in [5.74, 6) is -0.0363. The lowest BCUT2D eigenvalue weighted by atomic mass is 10.0. The molecule has 0 radical (unpaired) electrons. The van der Waals surface area contributed by atoms with E-state index in [1.807, 2.05) is 0 Å². The molecular formula is C72H137NO5. The molecule has 3 N–H and O–H groups in total. The molecule has 0 aliphatic heterocycles. The minimum absolute atomic E-state index is 0.000984. The molecule has 2 atom stereocenters. The second-order valence-corrected chi connectivity index (χ2v) is 24.2. The van der Waals surface area contributed by atoms with Gasteiger partial charge >= 0.3 is 5.97 Å². The summed E-state index contributed by atoms with van der Waals surface area (Å²) in [4.78, 5) is 24.6. The third kappa shape index (κ3) is 63.3. The van der Waals surface area contributed by atoms with Crippen molar-refractivity contribution in [1.29, 1.82) is 0 Å². The van der Waals surface area contributed by atoms with E-state index in [9.17, 15) is 19.8 Å². The monoisotopic (exact) mass is 1100 g/mol. The zero-order valence-corrected chi connectivity index (χ0v) is 52.7. The fourth-order valence-corrected chi connectivity index (χ4v) is 11.0. The Morgan fingerprint density at radius 3 is 0.987 bits per heavy atom. The fourth-order valence-electron chi connectivity index (χ4n) is 11.0. The molecule has 0 spiro atoms. The Bertz CT molecular complexity index is 1260. The molecule has 0 aromatic rings. The number of hydrogen-bond donors (Lipinski definition) is 3. The van der Waals surface area contributed by atoms with E-state index in [1.54, 1.807) is 0 Å². The van der Waals surface area contributed by atoms with Crippen LogP contribution in [0.2, 0.25) is 0 Å². The molecule has 6 nitrogen and oxygen atoms in total. The molecule has 0 fully saturated rings. The molecule has 0 aliphatic carbocycles. The number of carbonyl (C=O) groups excluding carboxylic acids is 2. The van der Waals surface area contributed by atoms with Crippen LogP contribution >= 0.6 is 0 Å². The summed E-state index contributed by atoms with van der Waals surface area (Å²) >= 11 is 0. The normalized spacial score (nSPS) is 12.7. The van der Waals surface area contributed by atoms with E-state index in [4.69, 9.17) is 4.74 Å². The average Bonchev–Trinajstić information content (AvgIpc) is 3.44. The lowest BCUT2D eigenvalue weighted by Crippen LogP contribution is -2.45. The summed E-state index contributed by atoms with van der Waals surface area (Å²) in [6.45, 7) is 4.97. The molecule has 0 saturated carbocycles. The van der Waals surface area contributed by atoms with Crippen LogP contribution in [-0.2, 0) is 14.3 Å². The van der Waals surface area contributed by atoms with Gasteiger partial charge in [-0.25, -0.2) is 0 Å². The lowest BCUT2D eigenvalue weighted by molar-refractivity contribution is -0.143. The van der Waals surface area contributed by atoms with E-state index in [-0.39, 0.29) is 18.5 Å². The van der Waals surface area contributed by atoms with Crippen molar-refractivity contribution >= 4 is 11.9 Å². The average molecular weight is 1100 g/mol. The first-order valence-electron chi connectivity index (χ1n) is 35.2. The van der Waals surface area contributed by atoms with Crippen LogP contribution in [0.4, 0.5) is 0 Å². The molecular weight excluding hydrogens is 959 g/mol. The summed E-state index contributed by atoms with van der Waals surface area (Å²) in [5.41, 5.74) is 0. The summed E-state index contributed by atoms with van der Waals surface area (Å²) in [6, 6.07) is -0.548. The number of aliphatic hydroxyl groups excluding tert-OH is 2.